The summed E-state index contributed by atoms with van der Waals surface area (Å²) < 4.78 is 5.87. The molecule has 132 valence electrons. The van der Waals surface area contributed by atoms with Crippen LogP contribution in [0.1, 0.15) is 53.6 Å². The topological polar surface area (TPSA) is 56.0 Å². The average Bonchev–Trinajstić information content (AvgIpc) is 3.14. The number of hydrogen-bond donors (Lipinski definition) is 0. The predicted octanol–water partition coefficient (Wildman–Crippen LogP) is 5.59. The molecule has 4 nitrogen and oxygen atoms in total. The van der Waals surface area contributed by atoms with Gasteiger partial charge in [0.05, 0.1) is 0 Å². The van der Waals surface area contributed by atoms with Gasteiger partial charge in [0.1, 0.15) is 6.29 Å². The van der Waals surface area contributed by atoms with Gasteiger partial charge in [0.25, 0.3) is 0 Å². The Morgan fingerprint density at radius 1 is 1.12 bits per heavy atom. The first-order valence-corrected chi connectivity index (χ1v) is 8.87. The predicted molar refractivity (Wildman–Crippen MR) is 104 cm³/mol. The largest absolute Gasteiger partial charge is 0.417 e. The molecule has 0 aliphatic rings. The minimum Gasteiger partial charge on any atom is -0.417 e. The third kappa shape index (κ3) is 4.14. The second-order valence-electron chi connectivity index (χ2n) is 6.28. The van der Waals surface area contributed by atoms with Crippen LogP contribution in [0.5, 0.6) is 0 Å². The van der Waals surface area contributed by atoms with Crippen LogP contribution in [0.15, 0.2) is 52.9 Å². The number of unbranched alkanes of at least 4 members (excludes halogenated alkanes) is 1. The van der Waals surface area contributed by atoms with Crippen molar-refractivity contribution in [3.63, 3.8) is 0 Å². The molecule has 0 spiro atoms. The smallest absolute Gasteiger partial charge is 0.248 e. The maximum absolute atomic E-state index is 10.9. The zero-order valence-corrected chi connectivity index (χ0v) is 15.1. The number of rotatable bonds is 7. The fourth-order valence-electron chi connectivity index (χ4n) is 2.87. The van der Waals surface area contributed by atoms with Gasteiger partial charge in [-0.3, -0.25) is 4.79 Å². The Hall–Kier alpha value is -3.01. The molecule has 0 fully saturated rings. The second-order valence-corrected chi connectivity index (χ2v) is 6.28. The Morgan fingerprint density at radius 3 is 2.62 bits per heavy atom. The standard InChI is InChI=1S/C22H22N2O2/c1-3-4-8-19(18-9-6-5-7-10-18)14-21-23-24-22(26-21)20-12-11-17(15-25)13-16(20)2/h5-7,9-15H,3-4,8H2,1-2H3. The van der Waals surface area contributed by atoms with Gasteiger partial charge in [0.15, 0.2) is 0 Å². The fraction of sp³-hybridized carbons (Fsp3) is 0.227. The normalized spacial score (nSPS) is 11.5. The molecule has 0 bridgehead atoms. The van der Waals surface area contributed by atoms with Crippen molar-refractivity contribution in [3.05, 3.63) is 71.1 Å². The quantitative estimate of drug-likeness (QED) is 0.523. The number of aldehydes is 1. The molecule has 1 heterocycles. The summed E-state index contributed by atoms with van der Waals surface area (Å²) in [5.41, 5.74) is 4.78. The van der Waals surface area contributed by atoms with E-state index in [1.165, 1.54) is 11.1 Å². The van der Waals surface area contributed by atoms with E-state index in [0.29, 0.717) is 17.3 Å². The summed E-state index contributed by atoms with van der Waals surface area (Å²) in [5, 5.41) is 8.37. The Labute approximate surface area is 153 Å². The van der Waals surface area contributed by atoms with Crippen molar-refractivity contribution in [2.24, 2.45) is 0 Å². The highest BCUT2D eigenvalue weighted by atomic mass is 16.4. The van der Waals surface area contributed by atoms with E-state index in [-0.39, 0.29) is 0 Å². The number of carbonyl (C=O) groups excluding carboxylic acids is 1. The summed E-state index contributed by atoms with van der Waals surface area (Å²) in [7, 11) is 0. The first-order chi connectivity index (χ1) is 12.7. The molecule has 0 saturated heterocycles. The summed E-state index contributed by atoms with van der Waals surface area (Å²) in [4.78, 5) is 10.9. The Morgan fingerprint density at radius 2 is 1.92 bits per heavy atom. The van der Waals surface area contributed by atoms with Crippen molar-refractivity contribution in [1.82, 2.24) is 10.2 Å². The Bertz CT molecular complexity index is 911. The lowest BCUT2D eigenvalue weighted by molar-refractivity contribution is 0.112. The number of aryl methyl sites for hydroxylation is 1. The van der Waals surface area contributed by atoms with Crippen molar-refractivity contribution in [1.29, 1.82) is 0 Å². The maximum atomic E-state index is 10.9. The maximum Gasteiger partial charge on any atom is 0.248 e. The zero-order chi connectivity index (χ0) is 18.4. The molecule has 3 aromatic rings. The van der Waals surface area contributed by atoms with Crippen molar-refractivity contribution in [3.8, 4) is 11.5 Å². The molecule has 0 saturated carbocycles. The van der Waals surface area contributed by atoms with Crippen LogP contribution in [-0.2, 0) is 0 Å². The Balaban J connectivity index is 1.92. The molecule has 0 unspecified atom stereocenters. The molecule has 0 radical (unpaired) electrons. The van der Waals surface area contributed by atoms with Crippen LogP contribution in [-0.4, -0.2) is 16.5 Å². The van der Waals surface area contributed by atoms with Crippen LogP contribution in [0.25, 0.3) is 23.1 Å². The van der Waals surface area contributed by atoms with Gasteiger partial charge in [-0.25, -0.2) is 0 Å². The zero-order valence-electron chi connectivity index (χ0n) is 15.1. The minimum absolute atomic E-state index is 0.467. The molecular formula is C22H22N2O2. The summed E-state index contributed by atoms with van der Waals surface area (Å²) >= 11 is 0. The van der Waals surface area contributed by atoms with Gasteiger partial charge in [-0.1, -0.05) is 49.7 Å². The molecule has 2 aromatic carbocycles. The molecule has 0 aliphatic heterocycles. The number of carbonyl (C=O) groups is 1. The summed E-state index contributed by atoms with van der Waals surface area (Å²) in [6, 6.07) is 15.7. The van der Waals surface area contributed by atoms with Crippen molar-refractivity contribution < 1.29 is 9.21 Å². The highest BCUT2D eigenvalue weighted by Crippen LogP contribution is 2.26. The number of nitrogens with zero attached hydrogens (tertiary/aromatic N) is 2. The molecule has 4 heteroatoms. The van der Waals surface area contributed by atoms with Crippen LogP contribution < -0.4 is 0 Å². The van der Waals surface area contributed by atoms with Gasteiger partial charge in [-0.05, 0) is 48.6 Å². The van der Waals surface area contributed by atoms with Gasteiger partial charge >= 0.3 is 0 Å². The lowest BCUT2D eigenvalue weighted by Crippen LogP contribution is -1.87. The molecule has 1 aromatic heterocycles. The molecule has 0 amide bonds. The summed E-state index contributed by atoms with van der Waals surface area (Å²) in [5.74, 6) is 0.961. The van der Waals surface area contributed by atoms with E-state index in [1.54, 1.807) is 6.07 Å². The molecule has 3 rings (SSSR count). The lowest BCUT2D eigenvalue weighted by atomic mass is 10.00. The lowest BCUT2D eigenvalue weighted by Gasteiger charge is -2.06. The molecular weight excluding hydrogens is 324 g/mol. The number of aromatic nitrogens is 2. The Kier molecular flexibility index (Phi) is 5.74. The number of allylic oxidation sites excluding steroid dienone is 1. The highest BCUT2D eigenvalue weighted by molar-refractivity contribution is 5.80. The highest BCUT2D eigenvalue weighted by Gasteiger charge is 2.11. The molecule has 0 N–H and O–H groups in total. The molecule has 0 aliphatic carbocycles. The monoisotopic (exact) mass is 346 g/mol. The van der Waals surface area contributed by atoms with Crippen molar-refractivity contribution in [2.75, 3.05) is 0 Å². The van der Waals surface area contributed by atoms with E-state index in [9.17, 15) is 4.79 Å². The van der Waals surface area contributed by atoms with Gasteiger partial charge in [-0.2, -0.15) is 0 Å². The average molecular weight is 346 g/mol. The van der Waals surface area contributed by atoms with Crippen LogP contribution >= 0.6 is 0 Å². The van der Waals surface area contributed by atoms with Crippen LogP contribution in [0.3, 0.4) is 0 Å². The van der Waals surface area contributed by atoms with Crippen LogP contribution in [0.2, 0.25) is 0 Å². The third-order valence-electron chi connectivity index (χ3n) is 4.30. The SMILES string of the molecule is CCCCC(=Cc1nnc(-c2ccc(C=O)cc2C)o1)c1ccccc1. The second kappa shape index (κ2) is 8.39. The van der Waals surface area contributed by atoms with Crippen molar-refractivity contribution in [2.45, 2.75) is 33.1 Å². The van der Waals surface area contributed by atoms with Crippen LogP contribution in [0.4, 0.5) is 0 Å². The first kappa shape index (κ1) is 17.8. The number of benzene rings is 2. The number of hydrogen-bond acceptors (Lipinski definition) is 4. The van der Waals surface area contributed by atoms with Gasteiger partial charge in [0, 0.05) is 17.2 Å². The minimum atomic E-state index is 0.467. The van der Waals surface area contributed by atoms with Crippen molar-refractivity contribution >= 4 is 17.9 Å². The van der Waals surface area contributed by atoms with E-state index >= 15 is 0 Å². The van der Waals surface area contributed by atoms with Crippen LogP contribution in [0, 0.1) is 6.92 Å². The summed E-state index contributed by atoms with van der Waals surface area (Å²) in [6.45, 7) is 4.11. The van der Waals surface area contributed by atoms with E-state index in [4.69, 9.17) is 4.42 Å². The molecule has 26 heavy (non-hydrogen) atoms. The van der Waals surface area contributed by atoms with E-state index < -0.39 is 0 Å². The van der Waals surface area contributed by atoms with Gasteiger partial charge in [0.2, 0.25) is 11.8 Å². The van der Waals surface area contributed by atoms with Gasteiger partial charge in [-0.15, -0.1) is 10.2 Å². The third-order valence-corrected chi connectivity index (χ3v) is 4.30. The fourth-order valence-corrected chi connectivity index (χ4v) is 2.87. The summed E-state index contributed by atoms with van der Waals surface area (Å²) in [6.07, 6.45) is 6.00. The molecule has 0 atom stereocenters. The van der Waals surface area contributed by atoms with E-state index in [2.05, 4.69) is 29.3 Å². The van der Waals surface area contributed by atoms with E-state index in [0.717, 1.165) is 36.7 Å². The first-order valence-electron chi connectivity index (χ1n) is 8.87. The van der Waals surface area contributed by atoms with Gasteiger partial charge < -0.3 is 4.42 Å². The van der Waals surface area contributed by atoms with E-state index in [1.807, 2.05) is 43.3 Å².